The minimum absolute atomic E-state index is 0.0271. The number of aromatic amines is 1. The number of carbonyl (C=O) groups is 1. The van der Waals surface area contributed by atoms with E-state index in [1.165, 1.54) is 29.4 Å². The Kier molecular flexibility index (Phi) is 3.90. The van der Waals surface area contributed by atoms with Crippen LogP contribution in [0.3, 0.4) is 0 Å². The van der Waals surface area contributed by atoms with Gasteiger partial charge in [0, 0.05) is 6.42 Å². The minimum Gasteiger partial charge on any atom is -0.310 e. The normalized spacial score (nSPS) is 11.1. The Balaban J connectivity index is 2.09. The number of thiophene rings is 1. The van der Waals surface area contributed by atoms with E-state index in [4.69, 9.17) is 0 Å². The Labute approximate surface area is 138 Å². The molecule has 118 valence electrons. The Morgan fingerprint density at radius 3 is 2.43 bits per heavy atom. The Morgan fingerprint density at radius 1 is 1.17 bits per heavy atom. The van der Waals surface area contributed by atoms with Crippen molar-refractivity contribution in [3.63, 3.8) is 0 Å². The molecule has 0 radical (unpaired) electrons. The number of hydrogen-bond donors (Lipinski definition) is 1. The molecule has 2 aromatic heterocycles. The van der Waals surface area contributed by atoms with Gasteiger partial charge in [-0.25, -0.2) is 4.98 Å². The molecule has 0 aliphatic heterocycles. The standard InChI is InChI=1S/C18H18N2O2S/c1-9-5-10(2)7-13(6-9)8-14-19-17(22)15-11(3)16(12(4)21)23-18(15)20-14/h5-7H,8H2,1-4H3,(H,19,20,22). The van der Waals surface area contributed by atoms with Crippen LogP contribution >= 0.6 is 11.3 Å². The van der Waals surface area contributed by atoms with Crippen LogP contribution in [0.15, 0.2) is 23.0 Å². The molecule has 0 amide bonds. The number of benzene rings is 1. The number of carbonyl (C=O) groups excluding carboxylic acids is 1. The van der Waals surface area contributed by atoms with Crippen molar-refractivity contribution in [2.75, 3.05) is 0 Å². The molecule has 1 N–H and O–H groups in total. The second-order valence-corrected chi connectivity index (χ2v) is 6.98. The lowest BCUT2D eigenvalue weighted by molar-refractivity contribution is 0.102. The summed E-state index contributed by atoms with van der Waals surface area (Å²) in [6.07, 6.45) is 0.569. The molecule has 1 aromatic carbocycles. The molecule has 2 heterocycles. The number of aryl methyl sites for hydroxylation is 3. The molecule has 0 atom stereocenters. The van der Waals surface area contributed by atoms with Crippen LogP contribution < -0.4 is 5.56 Å². The molecule has 0 fully saturated rings. The first-order valence-electron chi connectivity index (χ1n) is 7.45. The van der Waals surface area contributed by atoms with Crippen LogP contribution in [-0.2, 0) is 6.42 Å². The minimum atomic E-state index is -0.171. The zero-order valence-electron chi connectivity index (χ0n) is 13.6. The molecule has 23 heavy (non-hydrogen) atoms. The number of rotatable bonds is 3. The summed E-state index contributed by atoms with van der Waals surface area (Å²) in [5.41, 5.74) is 4.05. The fourth-order valence-corrected chi connectivity index (χ4v) is 4.07. The van der Waals surface area contributed by atoms with E-state index in [-0.39, 0.29) is 11.3 Å². The van der Waals surface area contributed by atoms with Crippen molar-refractivity contribution in [1.29, 1.82) is 0 Å². The molecule has 0 unspecified atom stereocenters. The van der Waals surface area contributed by atoms with Gasteiger partial charge in [0.1, 0.15) is 10.7 Å². The van der Waals surface area contributed by atoms with Gasteiger partial charge in [-0.3, -0.25) is 9.59 Å². The van der Waals surface area contributed by atoms with Crippen LogP contribution in [0.5, 0.6) is 0 Å². The number of nitrogens with zero attached hydrogens (tertiary/aromatic N) is 1. The topological polar surface area (TPSA) is 62.8 Å². The van der Waals surface area contributed by atoms with Crippen molar-refractivity contribution in [3.05, 3.63) is 61.5 Å². The molecule has 0 aliphatic rings. The fourth-order valence-electron chi connectivity index (χ4n) is 2.97. The van der Waals surface area contributed by atoms with E-state index in [0.29, 0.717) is 27.3 Å². The lowest BCUT2D eigenvalue weighted by Gasteiger charge is -2.05. The van der Waals surface area contributed by atoms with Crippen LogP contribution in [0, 0.1) is 20.8 Å². The zero-order chi connectivity index (χ0) is 16.7. The SMILES string of the molecule is CC(=O)c1sc2nc(Cc3cc(C)cc(C)c3)[nH]c(=O)c2c1C. The molecule has 4 nitrogen and oxygen atoms in total. The monoisotopic (exact) mass is 326 g/mol. The number of H-pyrrole nitrogens is 1. The molecule has 0 spiro atoms. The van der Waals surface area contributed by atoms with Crippen molar-refractivity contribution in [3.8, 4) is 0 Å². The number of ketones is 1. The molecule has 0 bridgehead atoms. The third-order valence-electron chi connectivity index (χ3n) is 3.82. The molecule has 3 rings (SSSR count). The van der Waals surface area contributed by atoms with Gasteiger partial charge in [-0.2, -0.15) is 0 Å². The Morgan fingerprint density at radius 2 is 1.83 bits per heavy atom. The van der Waals surface area contributed by atoms with Gasteiger partial charge in [0.05, 0.1) is 10.3 Å². The first-order chi connectivity index (χ1) is 10.8. The third kappa shape index (κ3) is 2.97. The number of aromatic nitrogens is 2. The second-order valence-electron chi connectivity index (χ2n) is 5.98. The van der Waals surface area contributed by atoms with Crippen molar-refractivity contribution in [1.82, 2.24) is 9.97 Å². The van der Waals surface area contributed by atoms with E-state index in [0.717, 1.165) is 11.1 Å². The lowest BCUT2D eigenvalue weighted by Crippen LogP contribution is -2.12. The van der Waals surface area contributed by atoms with Gasteiger partial charge in [0.2, 0.25) is 0 Å². The highest BCUT2D eigenvalue weighted by molar-refractivity contribution is 7.20. The average molecular weight is 326 g/mol. The highest BCUT2D eigenvalue weighted by Crippen LogP contribution is 2.27. The zero-order valence-corrected chi connectivity index (χ0v) is 14.4. The van der Waals surface area contributed by atoms with E-state index in [2.05, 4.69) is 42.0 Å². The van der Waals surface area contributed by atoms with Gasteiger partial charge in [0.15, 0.2) is 5.78 Å². The maximum atomic E-state index is 12.4. The molecule has 0 aliphatic carbocycles. The van der Waals surface area contributed by atoms with Crippen LogP contribution in [0.25, 0.3) is 10.2 Å². The number of nitrogens with one attached hydrogen (secondary N) is 1. The summed E-state index contributed by atoms with van der Waals surface area (Å²) in [6.45, 7) is 7.42. The predicted octanol–water partition coefficient (Wildman–Crippen LogP) is 3.70. The van der Waals surface area contributed by atoms with Gasteiger partial charge in [-0.15, -0.1) is 11.3 Å². The molecule has 0 saturated heterocycles. The molecule has 0 saturated carbocycles. The van der Waals surface area contributed by atoms with E-state index < -0.39 is 0 Å². The van der Waals surface area contributed by atoms with Crippen molar-refractivity contribution < 1.29 is 4.79 Å². The first-order valence-corrected chi connectivity index (χ1v) is 8.27. The molecular weight excluding hydrogens is 308 g/mol. The maximum Gasteiger partial charge on any atom is 0.259 e. The van der Waals surface area contributed by atoms with Crippen molar-refractivity contribution in [2.45, 2.75) is 34.1 Å². The first kappa shape index (κ1) is 15.6. The summed E-state index contributed by atoms with van der Waals surface area (Å²) in [7, 11) is 0. The summed E-state index contributed by atoms with van der Waals surface area (Å²) in [4.78, 5) is 32.7. The fraction of sp³-hybridized carbons (Fsp3) is 0.278. The highest BCUT2D eigenvalue weighted by Gasteiger charge is 2.16. The van der Waals surface area contributed by atoms with E-state index >= 15 is 0 Å². The summed E-state index contributed by atoms with van der Waals surface area (Å²) >= 11 is 1.30. The van der Waals surface area contributed by atoms with Crippen LogP contribution in [0.1, 0.15) is 44.7 Å². The Hall–Kier alpha value is -2.27. The largest absolute Gasteiger partial charge is 0.310 e. The highest BCUT2D eigenvalue weighted by atomic mass is 32.1. The summed E-state index contributed by atoms with van der Waals surface area (Å²) in [5, 5.41) is 0.532. The summed E-state index contributed by atoms with van der Waals surface area (Å²) < 4.78 is 0. The van der Waals surface area contributed by atoms with E-state index in [1.807, 2.05) is 0 Å². The molecule has 5 heteroatoms. The van der Waals surface area contributed by atoms with Crippen LogP contribution in [-0.4, -0.2) is 15.8 Å². The van der Waals surface area contributed by atoms with Gasteiger partial charge in [-0.1, -0.05) is 29.3 Å². The van der Waals surface area contributed by atoms with E-state index in [9.17, 15) is 9.59 Å². The van der Waals surface area contributed by atoms with E-state index in [1.54, 1.807) is 6.92 Å². The Bertz CT molecular complexity index is 962. The van der Waals surface area contributed by atoms with Gasteiger partial charge in [-0.05, 0) is 38.8 Å². The second kappa shape index (κ2) is 5.74. The molecule has 3 aromatic rings. The molecular formula is C18H18N2O2S. The summed E-state index contributed by atoms with van der Waals surface area (Å²) in [5.74, 6) is 0.601. The van der Waals surface area contributed by atoms with Gasteiger partial charge < -0.3 is 4.98 Å². The third-order valence-corrected chi connectivity index (χ3v) is 5.11. The van der Waals surface area contributed by atoms with Gasteiger partial charge >= 0.3 is 0 Å². The number of hydrogen-bond acceptors (Lipinski definition) is 4. The van der Waals surface area contributed by atoms with Crippen LogP contribution in [0.2, 0.25) is 0 Å². The smallest absolute Gasteiger partial charge is 0.259 e. The maximum absolute atomic E-state index is 12.4. The quantitative estimate of drug-likeness (QED) is 0.746. The number of Topliss-reactive ketones (excluding diaryl/α,β-unsaturated/α-hetero) is 1. The summed E-state index contributed by atoms with van der Waals surface area (Å²) in [6, 6.07) is 6.31. The predicted molar refractivity (Wildman–Crippen MR) is 93.7 cm³/mol. The average Bonchev–Trinajstić information content (AvgIpc) is 2.75. The van der Waals surface area contributed by atoms with Gasteiger partial charge in [0.25, 0.3) is 5.56 Å². The van der Waals surface area contributed by atoms with Crippen molar-refractivity contribution in [2.24, 2.45) is 0 Å². The van der Waals surface area contributed by atoms with Crippen LogP contribution in [0.4, 0.5) is 0 Å². The number of fused-ring (bicyclic) bond motifs is 1. The lowest BCUT2D eigenvalue weighted by atomic mass is 10.0. The van der Waals surface area contributed by atoms with Crippen molar-refractivity contribution >= 4 is 27.3 Å².